The van der Waals surface area contributed by atoms with E-state index < -0.39 is 0 Å². The van der Waals surface area contributed by atoms with Crippen LogP contribution in [0.3, 0.4) is 0 Å². The molecule has 1 aromatic carbocycles. The molecule has 5 heteroatoms. The van der Waals surface area contributed by atoms with Gasteiger partial charge in [-0.25, -0.2) is 0 Å². The van der Waals surface area contributed by atoms with E-state index in [9.17, 15) is 4.79 Å². The van der Waals surface area contributed by atoms with Crippen molar-refractivity contribution in [1.82, 2.24) is 15.0 Å². The molecule has 2 aromatic rings. The third-order valence-electron chi connectivity index (χ3n) is 5.23. The van der Waals surface area contributed by atoms with Gasteiger partial charge < -0.3 is 4.52 Å². The van der Waals surface area contributed by atoms with Crippen molar-refractivity contribution < 1.29 is 9.32 Å². The smallest absolute Gasteiger partial charge is 0.243 e. The van der Waals surface area contributed by atoms with Crippen molar-refractivity contribution in [3.05, 3.63) is 47.1 Å². The summed E-state index contributed by atoms with van der Waals surface area (Å²) in [6.45, 7) is 10.1. The van der Waals surface area contributed by atoms with Gasteiger partial charge in [0.1, 0.15) is 0 Å². The highest BCUT2D eigenvalue weighted by atomic mass is 16.5. The number of likely N-dealkylation sites (tertiary alicyclic amines) is 1. The van der Waals surface area contributed by atoms with Crippen LogP contribution < -0.4 is 0 Å². The number of benzene rings is 1. The molecule has 140 valence electrons. The second kappa shape index (κ2) is 8.12. The molecule has 1 fully saturated rings. The molecule has 0 unspecified atom stereocenters. The second-order valence-corrected chi connectivity index (χ2v) is 7.83. The Hall–Kier alpha value is -2.01. The van der Waals surface area contributed by atoms with Gasteiger partial charge >= 0.3 is 0 Å². The van der Waals surface area contributed by atoms with Crippen LogP contribution in [0.4, 0.5) is 0 Å². The first-order chi connectivity index (χ1) is 12.4. The van der Waals surface area contributed by atoms with E-state index in [2.05, 4.69) is 47.9 Å². The Morgan fingerprint density at radius 3 is 2.38 bits per heavy atom. The molecule has 2 heterocycles. The average Bonchev–Trinajstić information content (AvgIpc) is 3.07. The van der Waals surface area contributed by atoms with Gasteiger partial charge in [-0.2, -0.15) is 4.98 Å². The Kier molecular flexibility index (Phi) is 5.87. The molecular formula is C21H29N3O2. The maximum absolute atomic E-state index is 12.8. The highest BCUT2D eigenvalue weighted by molar-refractivity contribution is 5.97. The SMILES string of the molecule is Cc1noc([C@@H](C)N2CCC(C(=O)c3ccc(CC(C)C)cc3)CC2)n1. The second-order valence-electron chi connectivity index (χ2n) is 7.83. The van der Waals surface area contributed by atoms with E-state index in [0.717, 1.165) is 37.9 Å². The van der Waals surface area contributed by atoms with Gasteiger partial charge in [-0.3, -0.25) is 9.69 Å². The summed E-state index contributed by atoms with van der Waals surface area (Å²) >= 11 is 0. The molecule has 1 atom stereocenters. The normalized spacial score (nSPS) is 17.6. The van der Waals surface area contributed by atoms with E-state index in [1.807, 2.05) is 19.1 Å². The molecule has 0 radical (unpaired) electrons. The summed E-state index contributed by atoms with van der Waals surface area (Å²) in [5.41, 5.74) is 2.14. The predicted octanol–water partition coefficient (Wildman–Crippen LogP) is 4.23. The largest absolute Gasteiger partial charge is 0.338 e. The van der Waals surface area contributed by atoms with E-state index in [1.165, 1.54) is 5.56 Å². The van der Waals surface area contributed by atoms with E-state index in [4.69, 9.17) is 4.52 Å². The van der Waals surface area contributed by atoms with Gasteiger partial charge in [-0.15, -0.1) is 0 Å². The first-order valence-electron chi connectivity index (χ1n) is 9.61. The van der Waals surface area contributed by atoms with Gasteiger partial charge in [-0.05, 0) is 57.7 Å². The Morgan fingerprint density at radius 1 is 1.19 bits per heavy atom. The van der Waals surface area contributed by atoms with Gasteiger partial charge in [0, 0.05) is 11.5 Å². The number of rotatable bonds is 6. The minimum Gasteiger partial charge on any atom is -0.338 e. The molecule has 1 aliphatic rings. The van der Waals surface area contributed by atoms with Crippen molar-refractivity contribution in [1.29, 1.82) is 0 Å². The van der Waals surface area contributed by atoms with Crippen LogP contribution in [0.15, 0.2) is 28.8 Å². The maximum atomic E-state index is 12.8. The van der Waals surface area contributed by atoms with Crippen LogP contribution in [0, 0.1) is 18.8 Å². The van der Waals surface area contributed by atoms with Crippen molar-refractivity contribution in [2.75, 3.05) is 13.1 Å². The van der Waals surface area contributed by atoms with Gasteiger partial charge in [0.25, 0.3) is 0 Å². The summed E-state index contributed by atoms with van der Waals surface area (Å²) in [4.78, 5) is 19.5. The fourth-order valence-corrected chi connectivity index (χ4v) is 3.70. The number of aromatic nitrogens is 2. The van der Waals surface area contributed by atoms with Crippen LogP contribution in [0.25, 0.3) is 0 Å². The third kappa shape index (κ3) is 4.39. The highest BCUT2D eigenvalue weighted by Gasteiger charge is 2.30. The number of Topliss-reactive ketones (excluding diaryl/α,β-unsaturated/α-hetero) is 1. The molecule has 5 nitrogen and oxygen atoms in total. The number of aryl methyl sites for hydroxylation is 1. The Bertz CT molecular complexity index is 728. The molecule has 0 N–H and O–H groups in total. The van der Waals surface area contributed by atoms with E-state index in [1.54, 1.807) is 0 Å². The lowest BCUT2D eigenvalue weighted by molar-refractivity contribution is 0.0774. The molecule has 0 saturated carbocycles. The summed E-state index contributed by atoms with van der Waals surface area (Å²) in [6.07, 6.45) is 2.81. The minimum atomic E-state index is 0.0996. The van der Waals surface area contributed by atoms with Gasteiger partial charge in [0.05, 0.1) is 6.04 Å². The van der Waals surface area contributed by atoms with Crippen molar-refractivity contribution in [3.8, 4) is 0 Å². The number of carbonyl (C=O) groups is 1. The number of carbonyl (C=O) groups excluding carboxylic acids is 1. The Morgan fingerprint density at radius 2 is 1.85 bits per heavy atom. The molecule has 0 spiro atoms. The minimum absolute atomic E-state index is 0.0996. The lowest BCUT2D eigenvalue weighted by atomic mass is 9.88. The molecule has 1 aromatic heterocycles. The zero-order valence-electron chi connectivity index (χ0n) is 16.2. The number of piperidine rings is 1. The standard InChI is InChI=1S/C21H29N3O2/c1-14(2)13-17-5-7-18(8-6-17)20(25)19-9-11-24(12-10-19)15(3)21-22-16(4)23-26-21/h5-8,14-15,19H,9-13H2,1-4H3/t15-/m1/s1. The topological polar surface area (TPSA) is 59.2 Å². The van der Waals surface area contributed by atoms with Crippen molar-refractivity contribution >= 4 is 5.78 Å². The van der Waals surface area contributed by atoms with Crippen LogP contribution in [-0.2, 0) is 6.42 Å². The number of nitrogens with zero attached hydrogens (tertiary/aromatic N) is 3. The third-order valence-corrected chi connectivity index (χ3v) is 5.23. The molecule has 1 aliphatic heterocycles. The zero-order valence-corrected chi connectivity index (χ0v) is 16.2. The molecule has 0 amide bonds. The summed E-state index contributed by atoms with van der Waals surface area (Å²) < 4.78 is 5.29. The monoisotopic (exact) mass is 355 g/mol. The van der Waals surface area contributed by atoms with Crippen molar-refractivity contribution in [2.45, 2.75) is 53.0 Å². The average molecular weight is 355 g/mol. The summed E-state index contributed by atoms with van der Waals surface area (Å²) in [7, 11) is 0. The Balaban J connectivity index is 1.56. The van der Waals surface area contributed by atoms with E-state index in [0.29, 0.717) is 17.6 Å². The molecule has 26 heavy (non-hydrogen) atoms. The lowest BCUT2D eigenvalue weighted by Gasteiger charge is -2.33. The fourth-order valence-electron chi connectivity index (χ4n) is 3.70. The lowest BCUT2D eigenvalue weighted by Crippen LogP contribution is -2.38. The molecule has 0 aliphatic carbocycles. The maximum Gasteiger partial charge on any atom is 0.243 e. The fraction of sp³-hybridized carbons (Fsp3) is 0.571. The number of hydrogen-bond acceptors (Lipinski definition) is 5. The zero-order chi connectivity index (χ0) is 18.7. The van der Waals surface area contributed by atoms with Gasteiger partial charge in [0.2, 0.25) is 5.89 Å². The summed E-state index contributed by atoms with van der Waals surface area (Å²) in [5.74, 6) is 2.34. The van der Waals surface area contributed by atoms with E-state index >= 15 is 0 Å². The van der Waals surface area contributed by atoms with Gasteiger partial charge in [0.15, 0.2) is 11.6 Å². The van der Waals surface area contributed by atoms with Crippen LogP contribution in [0.2, 0.25) is 0 Å². The van der Waals surface area contributed by atoms with Gasteiger partial charge in [-0.1, -0.05) is 43.3 Å². The number of ketones is 1. The molecule has 1 saturated heterocycles. The molecular weight excluding hydrogens is 326 g/mol. The van der Waals surface area contributed by atoms with Crippen LogP contribution >= 0.6 is 0 Å². The summed E-state index contributed by atoms with van der Waals surface area (Å²) in [6, 6.07) is 8.29. The van der Waals surface area contributed by atoms with Crippen LogP contribution in [0.1, 0.15) is 67.3 Å². The predicted molar refractivity (Wildman–Crippen MR) is 101 cm³/mol. The number of hydrogen-bond donors (Lipinski definition) is 0. The summed E-state index contributed by atoms with van der Waals surface area (Å²) in [5, 5.41) is 3.87. The van der Waals surface area contributed by atoms with E-state index in [-0.39, 0.29) is 17.7 Å². The molecule has 3 rings (SSSR count). The first kappa shape index (κ1) is 18.8. The van der Waals surface area contributed by atoms with Crippen LogP contribution in [-0.4, -0.2) is 33.9 Å². The highest BCUT2D eigenvalue weighted by Crippen LogP contribution is 2.28. The van der Waals surface area contributed by atoms with Crippen LogP contribution in [0.5, 0.6) is 0 Å². The molecule has 0 bridgehead atoms. The van der Waals surface area contributed by atoms with Crippen molar-refractivity contribution in [2.24, 2.45) is 11.8 Å². The Labute approximate surface area is 155 Å². The quantitative estimate of drug-likeness (QED) is 0.726. The first-order valence-corrected chi connectivity index (χ1v) is 9.61. The van der Waals surface area contributed by atoms with Crippen molar-refractivity contribution in [3.63, 3.8) is 0 Å².